The summed E-state index contributed by atoms with van der Waals surface area (Å²) in [6.07, 6.45) is 5.15. The van der Waals surface area contributed by atoms with E-state index >= 15 is 0 Å². The molecule has 1 aromatic heterocycles. The maximum absolute atomic E-state index is 12.6. The molecule has 8 nitrogen and oxygen atoms in total. The largest absolute Gasteiger partial charge is 0.483 e. The highest BCUT2D eigenvalue weighted by Crippen LogP contribution is 2.42. The third-order valence-electron chi connectivity index (χ3n) is 6.75. The van der Waals surface area contributed by atoms with Crippen molar-refractivity contribution in [2.45, 2.75) is 37.8 Å². The van der Waals surface area contributed by atoms with Crippen LogP contribution in [-0.4, -0.2) is 70.8 Å². The van der Waals surface area contributed by atoms with Gasteiger partial charge in [-0.1, -0.05) is 36.0 Å². The zero-order valence-electron chi connectivity index (χ0n) is 17.5. The molecular formula is C22H29N5O3S. The Bertz CT molecular complexity index is 850. The molecule has 0 unspecified atom stereocenters. The Hall–Kier alpha value is -2.52. The van der Waals surface area contributed by atoms with Gasteiger partial charge in [0.05, 0.1) is 0 Å². The predicted octanol–water partition coefficient (Wildman–Crippen LogP) is 2.35. The zero-order valence-corrected chi connectivity index (χ0v) is 18.3. The van der Waals surface area contributed by atoms with E-state index in [1.165, 1.54) is 32.2 Å². The van der Waals surface area contributed by atoms with Gasteiger partial charge in [0.1, 0.15) is 5.51 Å². The Morgan fingerprint density at radius 3 is 2.74 bits per heavy atom. The molecule has 2 N–H and O–H groups in total. The van der Waals surface area contributed by atoms with E-state index in [0.29, 0.717) is 23.9 Å². The fourth-order valence-corrected chi connectivity index (χ4v) is 6.12. The molecule has 5 rings (SSSR count). The highest BCUT2D eigenvalue weighted by molar-refractivity contribution is 7.13. The van der Waals surface area contributed by atoms with Gasteiger partial charge in [-0.25, -0.2) is 0 Å². The van der Waals surface area contributed by atoms with Crippen LogP contribution < -0.4 is 10.2 Å². The molecule has 0 aliphatic carbocycles. The van der Waals surface area contributed by atoms with Crippen molar-refractivity contribution >= 4 is 28.8 Å². The van der Waals surface area contributed by atoms with Crippen molar-refractivity contribution in [3.05, 3.63) is 41.4 Å². The van der Waals surface area contributed by atoms with Gasteiger partial charge in [0, 0.05) is 37.3 Å². The van der Waals surface area contributed by atoms with Crippen molar-refractivity contribution in [3.63, 3.8) is 0 Å². The molecular weight excluding hydrogens is 414 g/mol. The number of hydrogen-bond acceptors (Lipinski definition) is 7. The summed E-state index contributed by atoms with van der Waals surface area (Å²) in [5.41, 5.74) is 2.56. The molecule has 4 heterocycles. The van der Waals surface area contributed by atoms with Gasteiger partial charge in [-0.3, -0.25) is 14.5 Å². The molecule has 0 radical (unpaired) electrons. The van der Waals surface area contributed by atoms with Crippen LogP contribution in [0.15, 0.2) is 35.8 Å². The third-order valence-corrected chi connectivity index (χ3v) is 7.50. The maximum Gasteiger partial charge on any atom is 0.290 e. The lowest BCUT2D eigenvalue weighted by Gasteiger charge is -2.56. The summed E-state index contributed by atoms with van der Waals surface area (Å²) < 4.78 is 0. The molecule has 9 heteroatoms. The van der Waals surface area contributed by atoms with E-state index in [-0.39, 0.29) is 12.4 Å². The van der Waals surface area contributed by atoms with Gasteiger partial charge in [-0.15, -0.1) is 10.2 Å². The summed E-state index contributed by atoms with van der Waals surface area (Å²) in [7, 11) is 0. The molecule has 0 saturated carbocycles. The van der Waals surface area contributed by atoms with Crippen LogP contribution in [0.2, 0.25) is 0 Å². The molecule has 3 aliphatic rings. The molecule has 3 aliphatic heterocycles. The van der Waals surface area contributed by atoms with Gasteiger partial charge >= 0.3 is 0 Å². The van der Waals surface area contributed by atoms with Crippen LogP contribution in [0.25, 0.3) is 0 Å². The Balaban J connectivity index is 0.000000730. The molecule has 2 aromatic rings. The van der Waals surface area contributed by atoms with Crippen molar-refractivity contribution in [2.24, 2.45) is 11.8 Å². The molecule has 3 fully saturated rings. The summed E-state index contributed by atoms with van der Waals surface area (Å²) >= 11 is 1.63. The normalized spacial score (nSPS) is 27.4. The molecule has 3 saturated heterocycles. The standard InChI is InChI=1S/C21H27N5OS.CH2O2/c27-20(15-6-2-1-3-7-15)22-11-19-17-10-16(18-8-4-5-9-26(18)19)12-25(13-17)21-24-23-14-28-21;2-1-3/h1-3,6-7,14,16-19H,4-5,8-13H2,(H,22,27);1H,(H,2,3)/t16-,17+,18+,19+;/m1./s1. The number of piperidine rings is 3. The summed E-state index contributed by atoms with van der Waals surface area (Å²) in [4.78, 5) is 26.1. The number of hydrogen-bond donors (Lipinski definition) is 2. The number of aromatic nitrogens is 2. The van der Waals surface area contributed by atoms with Gasteiger partial charge in [0.25, 0.3) is 12.4 Å². The number of nitrogens with one attached hydrogen (secondary N) is 1. The van der Waals surface area contributed by atoms with E-state index in [9.17, 15) is 4.79 Å². The van der Waals surface area contributed by atoms with Crippen LogP contribution in [0.1, 0.15) is 36.0 Å². The minimum Gasteiger partial charge on any atom is -0.483 e. The second-order valence-corrected chi connectivity index (χ2v) is 9.24. The lowest BCUT2D eigenvalue weighted by molar-refractivity contribution is -0.122. The summed E-state index contributed by atoms with van der Waals surface area (Å²) in [5, 5.41) is 19.5. The van der Waals surface area contributed by atoms with E-state index in [4.69, 9.17) is 9.90 Å². The number of benzene rings is 1. The van der Waals surface area contributed by atoms with Gasteiger partial charge < -0.3 is 15.3 Å². The fourth-order valence-electron chi connectivity index (χ4n) is 5.54. The van der Waals surface area contributed by atoms with E-state index in [1.807, 2.05) is 35.8 Å². The van der Waals surface area contributed by atoms with Crippen molar-refractivity contribution in [1.29, 1.82) is 0 Å². The summed E-state index contributed by atoms with van der Waals surface area (Å²) in [6, 6.07) is 10.6. The number of amides is 1. The Morgan fingerprint density at radius 2 is 2.00 bits per heavy atom. The van der Waals surface area contributed by atoms with Crippen LogP contribution in [-0.2, 0) is 4.79 Å². The van der Waals surface area contributed by atoms with E-state index in [2.05, 4.69) is 25.3 Å². The number of carbonyl (C=O) groups is 2. The molecule has 0 spiro atoms. The van der Waals surface area contributed by atoms with Crippen molar-refractivity contribution < 1.29 is 14.7 Å². The SMILES string of the molecule is O=C(NC[C@H]1[C@H]2C[C@H](CN(c3nncs3)C2)[C@@H]2CCCCN21)c1ccccc1.O=CO. The number of nitrogens with zero attached hydrogens (tertiary/aromatic N) is 4. The third kappa shape index (κ3) is 4.88. The number of anilines is 1. The van der Waals surface area contributed by atoms with Crippen LogP contribution in [0.5, 0.6) is 0 Å². The first-order chi connectivity index (χ1) is 15.2. The first-order valence-electron chi connectivity index (χ1n) is 10.9. The number of fused-ring (bicyclic) bond motifs is 4. The second kappa shape index (κ2) is 10.2. The monoisotopic (exact) mass is 443 g/mol. The average molecular weight is 444 g/mol. The quantitative estimate of drug-likeness (QED) is 0.700. The first-order valence-corrected chi connectivity index (χ1v) is 11.8. The lowest BCUT2D eigenvalue weighted by Crippen LogP contribution is -2.65. The minimum atomic E-state index is -0.250. The van der Waals surface area contributed by atoms with Crippen molar-refractivity contribution in [1.82, 2.24) is 20.4 Å². The Kier molecular flexibility index (Phi) is 7.14. The van der Waals surface area contributed by atoms with Gasteiger partial charge in [-0.2, -0.15) is 0 Å². The maximum atomic E-state index is 12.6. The Morgan fingerprint density at radius 1 is 1.23 bits per heavy atom. The molecule has 4 atom stereocenters. The van der Waals surface area contributed by atoms with Gasteiger partial charge in [0.15, 0.2) is 0 Å². The first kappa shape index (κ1) is 21.7. The zero-order chi connectivity index (χ0) is 21.6. The van der Waals surface area contributed by atoms with Crippen molar-refractivity contribution in [3.8, 4) is 0 Å². The number of carboxylic acid groups (broad SMARTS) is 1. The van der Waals surface area contributed by atoms with Crippen LogP contribution in [0.3, 0.4) is 0 Å². The predicted molar refractivity (Wildman–Crippen MR) is 119 cm³/mol. The lowest BCUT2D eigenvalue weighted by atomic mass is 9.72. The molecule has 31 heavy (non-hydrogen) atoms. The molecule has 166 valence electrons. The summed E-state index contributed by atoms with van der Waals surface area (Å²) in [6.45, 7) is 3.75. The van der Waals surface area contributed by atoms with E-state index in [1.54, 1.807) is 11.3 Å². The van der Waals surface area contributed by atoms with Crippen LogP contribution >= 0.6 is 11.3 Å². The average Bonchev–Trinajstić information content (AvgIpc) is 3.35. The highest BCUT2D eigenvalue weighted by Gasteiger charge is 2.47. The van der Waals surface area contributed by atoms with E-state index < -0.39 is 0 Å². The molecule has 1 aromatic carbocycles. The Labute approximate surface area is 186 Å². The second-order valence-electron chi connectivity index (χ2n) is 8.43. The number of rotatable bonds is 4. The smallest absolute Gasteiger partial charge is 0.290 e. The van der Waals surface area contributed by atoms with Crippen molar-refractivity contribution in [2.75, 3.05) is 31.1 Å². The fraction of sp³-hybridized carbons (Fsp3) is 0.545. The van der Waals surface area contributed by atoms with Crippen LogP contribution in [0.4, 0.5) is 5.13 Å². The van der Waals surface area contributed by atoms with Gasteiger partial charge in [-0.05, 0) is 49.8 Å². The highest BCUT2D eigenvalue weighted by atomic mass is 32.1. The van der Waals surface area contributed by atoms with Crippen LogP contribution in [0, 0.1) is 11.8 Å². The topological polar surface area (TPSA) is 98.7 Å². The molecule has 2 bridgehead atoms. The minimum absolute atomic E-state index is 0.0353. The van der Waals surface area contributed by atoms with E-state index in [0.717, 1.165) is 30.3 Å². The molecule has 1 amide bonds. The number of carbonyl (C=O) groups excluding carboxylic acids is 1. The summed E-state index contributed by atoms with van der Waals surface area (Å²) in [5.74, 6) is 1.30. The van der Waals surface area contributed by atoms with Gasteiger partial charge in [0.2, 0.25) is 5.13 Å².